The predicted molar refractivity (Wildman–Crippen MR) is 78.3 cm³/mol. The third kappa shape index (κ3) is 2.63. The van der Waals surface area contributed by atoms with Crippen LogP contribution in [0, 0.1) is 0 Å². The van der Waals surface area contributed by atoms with Crippen LogP contribution in [-0.2, 0) is 6.54 Å². The molecule has 1 aliphatic heterocycles. The van der Waals surface area contributed by atoms with Crippen LogP contribution >= 0.6 is 11.6 Å². The Morgan fingerprint density at radius 1 is 1.33 bits per heavy atom. The Balaban J connectivity index is 2.22. The van der Waals surface area contributed by atoms with E-state index in [1.807, 2.05) is 6.07 Å². The third-order valence-electron chi connectivity index (χ3n) is 3.90. The van der Waals surface area contributed by atoms with E-state index in [4.69, 9.17) is 17.3 Å². The molecule has 0 radical (unpaired) electrons. The Labute approximate surface area is 115 Å². The lowest BCUT2D eigenvalue weighted by molar-refractivity contribution is 0.139. The zero-order valence-electron chi connectivity index (χ0n) is 11.4. The third-order valence-corrected chi connectivity index (χ3v) is 4.21. The van der Waals surface area contributed by atoms with Gasteiger partial charge >= 0.3 is 0 Å². The van der Waals surface area contributed by atoms with Gasteiger partial charge in [0.15, 0.2) is 0 Å². The second kappa shape index (κ2) is 5.08. The van der Waals surface area contributed by atoms with Gasteiger partial charge in [0.1, 0.15) is 0 Å². The lowest BCUT2D eigenvalue weighted by Gasteiger charge is -2.46. The summed E-state index contributed by atoms with van der Waals surface area (Å²) in [7, 11) is 2.18. The maximum atomic E-state index is 6.36. The van der Waals surface area contributed by atoms with Gasteiger partial charge in [0, 0.05) is 31.7 Å². The second-order valence-corrected chi connectivity index (χ2v) is 6.05. The number of hydrogen-bond acceptors (Lipinski definition) is 3. The molecule has 0 saturated carbocycles. The van der Waals surface area contributed by atoms with E-state index in [1.165, 1.54) is 0 Å². The van der Waals surface area contributed by atoms with Crippen LogP contribution in [-0.4, -0.2) is 37.1 Å². The molecule has 100 valence electrons. The Morgan fingerprint density at radius 3 is 2.61 bits per heavy atom. The standard InChI is InChI=1S/C14H22ClN3/c1-14(2)10-18(7-6-17(14)3)13-5-4-11(9-16)8-12(13)15/h4-5,8H,6-7,9-10,16H2,1-3H3. The highest BCUT2D eigenvalue weighted by Gasteiger charge is 2.31. The fourth-order valence-electron chi connectivity index (χ4n) is 2.38. The smallest absolute Gasteiger partial charge is 0.0642 e. The van der Waals surface area contributed by atoms with Crippen molar-refractivity contribution in [1.82, 2.24) is 4.90 Å². The van der Waals surface area contributed by atoms with Crippen LogP contribution in [0.2, 0.25) is 5.02 Å². The van der Waals surface area contributed by atoms with E-state index < -0.39 is 0 Å². The molecule has 0 aliphatic carbocycles. The van der Waals surface area contributed by atoms with Crippen LogP contribution in [0.5, 0.6) is 0 Å². The van der Waals surface area contributed by atoms with Crippen molar-refractivity contribution < 1.29 is 0 Å². The van der Waals surface area contributed by atoms with E-state index in [0.29, 0.717) is 6.54 Å². The van der Waals surface area contributed by atoms with Gasteiger partial charge in [0.05, 0.1) is 10.7 Å². The number of halogens is 1. The van der Waals surface area contributed by atoms with Gasteiger partial charge < -0.3 is 10.6 Å². The predicted octanol–water partition coefficient (Wildman–Crippen LogP) is 2.33. The van der Waals surface area contributed by atoms with Gasteiger partial charge in [-0.05, 0) is 38.6 Å². The van der Waals surface area contributed by atoms with Crippen molar-refractivity contribution in [2.75, 3.05) is 31.6 Å². The molecule has 0 aromatic heterocycles. The molecule has 2 N–H and O–H groups in total. The van der Waals surface area contributed by atoms with Gasteiger partial charge in [-0.15, -0.1) is 0 Å². The molecule has 0 bridgehead atoms. The number of benzene rings is 1. The summed E-state index contributed by atoms with van der Waals surface area (Å²) < 4.78 is 0. The van der Waals surface area contributed by atoms with Crippen molar-refractivity contribution in [3.8, 4) is 0 Å². The Kier molecular flexibility index (Phi) is 3.85. The van der Waals surface area contributed by atoms with Crippen molar-refractivity contribution in [1.29, 1.82) is 0 Å². The second-order valence-electron chi connectivity index (χ2n) is 5.65. The average Bonchev–Trinajstić information content (AvgIpc) is 2.32. The van der Waals surface area contributed by atoms with E-state index in [2.05, 4.69) is 42.8 Å². The molecule has 0 unspecified atom stereocenters. The van der Waals surface area contributed by atoms with E-state index >= 15 is 0 Å². The largest absolute Gasteiger partial charge is 0.367 e. The fraction of sp³-hybridized carbons (Fsp3) is 0.571. The molecule has 1 heterocycles. The molecular formula is C14H22ClN3. The molecule has 0 amide bonds. The van der Waals surface area contributed by atoms with E-state index in [1.54, 1.807) is 0 Å². The summed E-state index contributed by atoms with van der Waals surface area (Å²) in [6.45, 7) is 8.13. The van der Waals surface area contributed by atoms with Crippen molar-refractivity contribution >= 4 is 17.3 Å². The number of nitrogens with two attached hydrogens (primary N) is 1. The zero-order valence-corrected chi connectivity index (χ0v) is 12.2. The fourth-order valence-corrected chi connectivity index (χ4v) is 2.70. The van der Waals surface area contributed by atoms with Crippen LogP contribution in [0.3, 0.4) is 0 Å². The summed E-state index contributed by atoms with van der Waals surface area (Å²) in [5, 5.41) is 0.804. The molecule has 18 heavy (non-hydrogen) atoms. The molecule has 0 atom stereocenters. The van der Waals surface area contributed by atoms with E-state index in [9.17, 15) is 0 Å². The van der Waals surface area contributed by atoms with Gasteiger partial charge in [-0.3, -0.25) is 4.90 Å². The normalized spacial score (nSPS) is 20.2. The highest BCUT2D eigenvalue weighted by atomic mass is 35.5. The Bertz CT molecular complexity index is 431. The Morgan fingerprint density at radius 2 is 2.06 bits per heavy atom. The van der Waals surface area contributed by atoms with Crippen LogP contribution in [0.15, 0.2) is 18.2 Å². The number of likely N-dealkylation sites (N-methyl/N-ethyl adjacent to an activating group) is 1. The van der Waals surface area contributed by atoms with Crippen LogP contribution < -0.4 is 10.6 Å². The van der Waals surface area contributed by atoms with E-state index in [0.717, 1.165) is 35.9 Å². The SMILES string of the molecule is CN1CCN(c2ccc(CN)cc2Cl)CC1(C)C. The van der Waals surface area contributed by atoms with Crippen LogP contribution in [0.25, 0.3) is 0 Å². The highest BCUT2D eigenvalue weighted by molar-refractivity contribution is 6.33. The number of anilines is 1. The molecule has 0 spiro atoms. The first kappa shape index (κ1) is 13.7. The highest BCUT2D eigenvalue weighted by Crippen LogP contribution is 2.30. The number of nitrogens with zero attached hydrogens (tertiary/aromatic N) is 2. The molecule has 4 heteroatoms. The first-order valence-corrected chi connectivity index (χ1v) is 6.76. The summed E-state index contributed by atoms with van der Waals surface area (Å²) in [4.78, 5) is 4.76. The summed E-state index contributed by atoms with van der Waals surface area (Å²) in [5.74, 6) is 0. The van der Waals surface area contributed by atoms with Crippen LogP contribution in [0.1, 0.15) is 19.4 Å². The molecule has 1 aromatic rings. The van der Waals surface area contributed by atoms with Gasteiger partial charge in [0.2, 0.25) is 0 Å². The minimum Gasteiger partial charge on any atom is -0.367 e. The lowest BCUT2D eigenvalue weighted by Crippen LogP contribution is -2.57. The monoisotopic (exact) mass is 267 g/mol. The first-order valence-electron chi connectivity index (χ1n) is 6.39. The quantitative estimate of drug-likeness (QED) is 0.893. The van der Waals surface area contributed by atoms with Crippen molar-refractivity contribution in [3.63, 3.8) is 0 Å². The zero-order chi connectivity index (χ0) is 13.3. The molecule has 1 saturated heterocycles. The molecule has 1 aromatic carbocycles. The van der Waals surface area contributed by atoms with E-state index in [-0.39, 0.29) is 5.54 Å². The molecule has 3 nitrogen and oxygen atoms in total. The summed E-state index contributed by atoms with van der Waals surface area (Å²) in [6, 6.07) is 6.13. The maximum absolute atomic E-state index is 6.36. The number of piperazine rings is 1. The van der Waals surface area contributed by atoms with Gasteiger partial charge in [-0.2, -0.15) is 0 Å². The lowest BCUT2D eigenvalue weighted by atomic mass is 9.99. The summed E-state index contributed by atoms with van der Waals surface area (Å²) >= 11 is 6.36. The minimum atomic E-state index is 0.175. The summed E-state index contributed by atoms with van der Waals surface area (Å²) in [6.07, 6.45) is 0. The molecular weight excluding hydrogens is 246 g/mol. The Hall–Kier alpha value is -0.770. The maximum Gasteiger partial charge on any atom is 0.0642 e. The molecule has 1 aliphatic rings. The van der Waals surface area contributed by atoms with Gasteiger partial charge in [-0.25, -0.2) is 0 Å². The first-order chi connectivity index (χ1) is 8.44. The number of rotatable bonds is 2. The number of hydrogen-bond donors (Lipinski definition) is 1. The van der Waals surface area contributed by atoms with Crippen molar-refractivity contribution in [2.45, 2.75) is 25.9 Å². The minimum absolute atomic E-state index is 0.175. The average molecular weight is 268 g/mol. The topological polar surface area (TPSA) is 32.5 Å². The van der Waals surface area contributed by atoms with Crippen molar-refractivity contribution in [2.24, 2.45) is 5.73 Å². The molecule has 2 rings (SSSR count). The van der Waals surface area contributed by atoms with Gasteiger partial charge in [-0.1, -0.05) is 17.7 Å². The van der Waals surface area contributed by atoms with Gasteiger partial charge in [0.25, 0.3) is 0 Å². The van der Waals surface area contributed by atoms with Crippen LogP contribution in [0.4, 0.5) is 5.69 Å². The summed E-state index contributed by atoms with van der Waals surface area (Å²) in [5.41, 5.74) is 8.01. The molecule has 1 fully saturated rings. The van der Waals surface area contributed by atoms with Crippen molar-refractivity contribution in [3.05, 3.63) is 28.8 Å².